The first-order chi connectivity index (χ1) is 10.8. The number of phenols is 1. The Bertz CT molecular complexity index is 577. The standard InChI is InChI=1S/C15H20Cl2N2O4/c16-10-5-9(12(21)6-11(10)17)14(18)8-1-3-19(4-2-8)15(23)13(22)7-20/h5-6,8,13-14,20-22H,1-4,7,18H2/t13?,14-/m1/s1. The van der Waals surface area contributed by atoms with Crippen LogP contribution in [0.3, 0.4) is 0 Å². The van der Waals surface area contributed by atoms with Gasteiger partial charge in [0.15, 0.2) is 6.10 Å². The molecule has 1 fully saturated rings. The van der Waals surface area contributed by atoms with Crippen molar-refractivity contribution >= 4 is 29.1 Å². The second kappa shape index (κ2) is 7.68. The lowest BCUT2D eigenvalue weighted by atomic mass is 9.85. The summed E-state index contributed by atoms with van der Waals surface area (Å²) in [6.07, 6.45) is -0.116. The molecule has 1 heterocycles. The van der Waals surface area contributed by atoms with E-state index in [-0.39, 0.29) is 16.7 Å². The average molecular weight is 363 g/mol. The summed E-state index contributed by atoms with van der Waals surface area (Å²) >= 11 is 11.8. The number of aromatic hydroxyl groups is 1. The van der Waals surface area contributed by atoms with Gasteiger partial charge in [-0.1, -0.05) is 23.2 Å². The Kier molecular flexibility index (Phi) is 6.11. The SMILES string of the molecule is N[C@@H](c1cc(Cl)c(Cl)cc1O)C1CCN(C(=O)C(O)CO)CC1. The van der Waals surface area contributed by atoms with Crippen molar-refractivity contribution in [2.24, 2.45) is 11.7 Å². The molecule has 1 saturated heterocycles. The number of nitrogens with two attached hydrogens (primary N) is 1. The summed E-state index contributed by atoms with van der Waals surface area (Å²) in [5.41, 5.74) is 6.77. The van der Waals surface area contributed by atoms with Gasteiger partial charge < -0.3 is 26.0 Å². The molecule has 2 atom stereocenters. The van der Waals surface area contributed by atoms with Crippen molar-refractivity contribution in [3.05, 3.63) is 27.7 Å². The molecule has 5 N–H and O–H groups in total. The number of carbonyl (C=O) groups excluding carboxylic acids is 1. The zero-order chi connectivity index (χ0) is 17.1. The van der Waals surface area contributed by atoms with Gasteiger partial charge in [0.05, 0.1) is 16.7 Å². The number of amides is 1. The van der Waals surface area contributed by atoms with Gasteiger partial charge in [0.25, 0.3) is 5.91 Å². The molecule has 128 valence electrons. The first kappa shape index (κ1) is 18.3. The highest BCUT2D eigenvalue weighted by Crippen LogP contribution is 2.37. The number of hydrogen-bond acceptors (Lipinski definition) is 5. The maximum Gasteiger partial charge on any atom is 0.253 e. The van der Waals surface area contributed by atoms with Crippen LogP contribution in [-0.2, 0) is 4.79 Å². The number of halogens is 2. The minimum atomic E-state index is -1.38. The largest absolute Gasteiger partial charge is 0.508 e. The van der Waals surface area contributed by atoms with Gasteiger partial charge in [-0.05, 0) is 24.8 Å². The number of aliphatic hydroxyl groups excluding tert-OH is 2. The highest BCUT2D eigenvalue weighted by atomic mass is 35.5. The predicted molar refractivity (Wildman–Crippen MR) is 87.5 cm³/mol. The second-order valence-corrected chi connectivity index (χ2v) is 6.53. The van der Waals surface area contributed by atoms with Crippen molar-refractivity contribution in [3.63, 3.8) is 0 Å². The maximum absolute atomic E-state index is 11.8. The first-order valence-corrected chi connectivity index (χ1v) is 8.12. The molecule has 1 unspecified atom stereocenters. The van der Waals surface area contributed by atoms with Crippen molar-refractivity contribution in [2.75, 3.05) is 19.7 Å². The molecule has 8 heteroatoms. The van der Waals surface area contributed by atoms with Gasteiger partial charge in [0, 0.05) is 30.8 Å². The van der Waals surface area contributed by atoms with Crippen molar-refractivity contribution in [2.45, 2.75) is 25.0 Å². The van der Waals surface area contributed by atoms with E-state index in [0.717, 1.165) is 0 Å². The van der Waals surface area contributed by atoms with Crippen LogP contribution in [0, 0.1) is 5.92 Å². The van der Waals surface area contributed by atoms with E-state index in [0.29, 0.717) is 36.5 Å². The van der Waals surface area contributed by atoms with Crippen LogP contribution in [0.5, 0.6) is 5.75 Å². The van der Waals surface area contributed by atoms with Gasteiger partial charge in [0.1, 0.15) is 5.75 Å². The average Bonchev–Trinajstić information content (AvgIpc) is 2.56. The third kappa shape index (κ3) is 4.08. The van der Waals surface area contributed by atoms with E-state index in [1.165, 1.54) is 11.0 Å². The highest BCUT2D eigenvalue weighted by molar-refractivity contribution is 6.42. The van der Waals surface area contributed by atoms with E-state index in [4.69, 9.17) is 34.0 Å². The first-order valence-electron chi connectivity index (χ1n) is 7.36. The molecule has 1 aromatic rings. The van der Waals surface area contributed by atoms with E-state index < -0.39 is 24.7 Å². The fraction of sp³-hybridized carbons (Fsp3) is 0.533. The highest BCUT2D eigenvalue weighted by Gasteiger charge is 2.30. The molecule has 0 spiro atoms. The summed E-state index contributed by atoms with van der Waals surface area (Å²) in [6.45, 7) is 0.294. The van der Waals surface area contributed by atoms with Crippen LogP contribution >= 0.6 is 23.2 Å². The molecular weight excluding hydrogens is 343 g/mol. The summed E-state index contributed by atoms with van der Waals surface area (Å²) in [7, 11) is 0. The maximum atomic E-state index is 11.8. The summed E-state index contributed by atoms with van der Waals surface area (Å²) in [5, 5.41) is 28.8. The van der Waals surface area contributed by atoms with Gasteiger partial charge in [0.2, 0.25) is 0 Å². The number of piperidine rings is 1. The summed E-state index contributed by atoms with van der Waals surface area (Å²) in [6, 6.07) is 2.51. The van der Waals surface area contributed by atoms with E-state index in [9.17, 15) is 15.0 Å². The Hall–Kier alpha value is -1.05. The van der Waals surface area contributed by atoms with Crippen LogP contribution in [0.15, 0.2) is 12.1 Å². The van der Waals surface area contributed by atoms with Gasteiger partial charge in [-0.2, -0.15) is 0 Å². The number of benzene rings is 1. The number of carbonyl (C=O) groups is 1. The Balaban J connectivity index is 2.03. The van der Waals surface area contributed by atoms with Crippen LogP contribution in [0.25, 0.3) is 0 Å². The lowest BCUT2D eigenvalue weighted by Gasteiger charge is -2.35. The molecule has 1 amide bonds. The normalized spacial score (nSPS) is 18.7. The fourth-order valence-electron chi connectivity index (χ4n) is 2.84. The molecule has 0 saturated carbocycles. The Morgan fingerprint density at radius 1 is 1.30 bits per heavy atom. The molecule has 1 aliphatic heterocycles. The summed E-state index contributed by atoms with van der Waals surface area (Å²) < 4.78 is 0. The van der Waals surface area contributed by atoms with Crippen LogP contribution in [0.2, 0.25) is 10.0 Å². The molecule has 0 aliphatic carbocycles. The lowest BCUT2D eigenvalue weighted by molar-refractivity contribution is -0.143. The molecule has 2 rings (SSSR count). The summed E-state index contributed by atoms with van der Waals surface area (Å²) in [4.78, 5) is 13.3. The van der Waals surface area contributed by atoms with Gasteiger partial charge in [-0.3, -0.25) is 4.79 Å². The van der Waals surface area contributed by atoms with Crippen LogP contribution < -0.4 is 5.73 Å². The minimum absolute atomic E-state index is 0.00103. The summed E-state index contributed by atoms with van der Waals surface area (Å²) in [5.74, 6) is -0.411. The molecule has 1 aromatic carbocycles. The third-order valence-corrected chi connectivity index (χ3v) is 4.97. The van der Waals surface area contributed by atoms with Gasteiger partial charge in [-0.25, -0.2) is 0 Å². The van der Waals surface area contributed by atoms with E-state index >= 15 is 0 Å². The predicted octanol–water partition coefficient (Wildman–Crippen LogP) is 1.29. The Morgan fingerprint density at radius 2 is 1.87 bits per heavy atom. The van der Waals surface area contributed by atoms with Gasteiger partial charge in [-0.15, -0.1) is 0 Å². The zero-order valence-corrected chi connectivity index (χ0v) is 14.0. The van der Waals surface area contributed by atoms with E-state index in [1.54, 1.807) is 6.07 Å². The van der Waals surface area contributed by atoms with Crippen LogP contribution in [0.1, 0.15) is 24.4 Å². The van der Waals surface area contributed by atoms with Gasteiger partial charge >= 0.3 is 0 Å². The molecule has 6 nitrogen and oxygen atoms in total. The number of hydrogen-bond donors (Lipinski definition) is 4. The number of likely N-dealkylation sites (tertiary alicyclic amines) is 1. The van der Waals surface area contributed by atoms with Crippen LogP contribution in [-0.4, -0.2) is 51.9 Å². The van der Waals surface area contributed by atoms with E-state index in [2.05, 4.69) is 0 Å². The number of rotatable bonds is 4. The van der Waals surface area contributed by atoms with Crippen molar-refractivity contribution < 1.29 is 20.1 Å². The van der Waals surface area contributed by atoms with Crippen molar-refractivity contribution in [1.82, 2.24) is 4.90 Å². The Morgan fingerprint density at radius 3 is 2.43 bits per heavy atom. The molecule has 0 radical (unpaired) electrons. The zero-order valence-electron chi connectivity index (χ0n) is 12.5. The fourth-order valence-corrected chi connectivity index (χ4v) is 3.17. The number of aliphatic hydroxyl groups is 2. The molecule has 0 aromatic heterocycles. The second-order valence-electron chi connectivity index (χ2n) is 5.71. The molecule has 1 aliphatic rings. The number of phenolic OH excluding ortho intramolecular Hbond substituents is 1. The monoisotopic (exact) mass is 362 g/mol. The third-order valence-electron chi connectivity index (χ3n) is 4.25. The van der Waals surface area contributed by atoms with Crippen molar-refractivity contribution in [1.29, 1.82) is 0 Å². The van der Waals surface area contributed by atoms with E-state index in [1.807, 2.05) is 0 Å². The minimum Gasteiger partial charge on any atom is -0.508 e. The lowest BCUT2D eigenvalue weighted by Crippen LogP contribution is -2.46. The Labute approximate surface area is 144 Å². The quantitative estimate of drug-likeness (QED) is 0.645. The topological polar surface area (TPSA) is 107 Å². The molecular formula is C15H20Cl2N2O4. The smallest absolute Gasteiger partial charge is 0.253 e. The molecule has 0 bridgehead atoms. The van der Waals surface area contributed by atoms with Crippen LogP contribution in [0.4, 0.5) is 0 Å². The number of nitrogens with zero attached hydrogens (tertiary/aromatic N) is 1. The molecule has 23 heavy (non-hydrogen) atoms. The van der Waals surface area contributed by atoms with Crippen molar-refractivity contribution in [3.8, 4) is 5.75 Å².